The van der Waals surface area contributed by atoms with E-state index in [1.54, 1.807) is 12.3 Å². The Hall–Kier alpha value is -2.38. The summed E-state index contributed by atoms with van der Waals surface area (Å²) in [6.07, 6.45) is 3.16. The zero-order valence-corrected chi connectivity index (χ0v) is 10.8. The van der Waals surface area contributed by atoms with Crippen LogP contribution in [-0.4, -0.2) is 16.7 Å². The number of rotatable bonds is 4. The van der Waals surface area contributed by atoms with E-state index in [4.69, 9.17) is 9.84 Å². The molecular weight excluding hydrogens is 257 g/mol. The molecule has 0 amide bonds. The highest BCUT2D eigenvalue weighted by molar-refractivity contribution is 5.39. The van der Waals surface area contributed by atoms with Crippen LogP contribution < -0.4 is 4.74 Å². The lowest BCUT2D eigenvalue weighted by molar-refractivity contribution is 0.305. The van der Waals surface area contributed by atoms with Gasteiger partial charge < -0.3 is 9.84 Å². The number of ether oxygens (including phenoxy) is 1. The maximum Gasteiger partial charge on any atom is 0.141 e. The molecule has 4 heteroatoms. The molecule has 0 radical (unpaired) electrons. The summed E-state index contributed by atoms with van der Waals surface area (Å²) in [5, 5.41) is 8.67. The van der Waals surface area contributed by atoms with Gasteiger partial charge in [0.1, 0.15) is 18.2 Å². The van der Waals surface area contributed by atoms with Crippen molar-refractivity contribution in [3.63, 3.8) is 0 Å². The summed E-state index contributed by atoms with van der Waals surface area (Å²) >= 11 is 0. The average Bonchev–Trinajstić information content (AvgIpc) is 2.46. The van der Waals surface area contributed by atoms with Gasteiger partial charge in [0.15, 0.2) is 0 Å². The zero-order chi connectivity index (χ0) is 14.2. The minimum Gasteiger partial charge on any atom is -0.489 e. The number of nitrogens with zero attached hydrogens (tertiary/aromatic N) is 1. The molecule has 0 aliphatic heterocycles. The monoisotopic (exact) mass is 271 g/mol. The van der Waals surface area contributed by atoms with E-state index in [1.165, 1.54) is 6.07 Å². The van der Waals surface area contributed by atoms with Gasteiger partial charge in [0.05, 0.1) is 12.8 Å². The van der Waals surface area contributed by atoms with Gasteiger partial charge in [-0.25, -0.2) is 4.39 Å². The third kappa shape index (κ3) is 4.38. The normalized spacial score (nSPS) is 9.70. The van der Waals surface area contributed by atoms with Crippen molar-refractivity contribution in [2.24, 2.45) is 0 Å². The van der Waals surface area contributed by atoms with E-state index in [-0.39, 0.29) is 19.0 Å². The third-order valence-electron chi connectivity index (χ3n) is 2.47. The number of aliphatic hydroxyl groups is 1. The molecule has 0 spiro atoms. The molecule has 1 N–H and O–H groups in total. The van der Waals surface area contributed by atoms with Crippen LogP contribution in [0.3, 0.4) is 0 Å². The molecule has 20 heavy (non-hydrogen) atoms. The van der Waals surface area contributed by atoms with Gasteiger partial charge in [-0.3, -0.25) is 4.98 Å². The van der Waals surface area contributed by atoms with E-state index in [0.29, 0.717) is 17.7 Å². The van der Waals surface area contributed by atoms with Crippen LogP contribution in [0.2, 0.25) is 0 Å². The van der Waals surface area contributed by atoms with Gasteiger partial charge in [0.25, 0.3) is 0 Å². The first-order chi connectivity index (χ1) is 9.78. The van der Waals surface area contributed by atoms with E-state index >= 15 is 0 Å². The molecule has 0 fully saturated rings. The molecule has 0 saturated carbocycles. The van der Waals surface area contributed by atoms with Crippen LogP contribution in [0.15, 0.2) is 42.7 Å². The Balaban J connectivity index is 2.00. The van der Waals surface area contributed by atoms with Crippen molar-refractivity contribution in [3.05, 3.63) is 59.7 Å². The number of aromatic nitrogens is 1. The molecule has 1 aromatic carbocycles. The SMILES string of the molecule is OCCC#Cc1cccc(OCc2cncc(F)c2)c1. The van der Waals surface area contributed by atoms with Gasteiger partial charge in [-0.2, -0.15) is 0 Å². The van der Waals surface area contributed by atoms with Crippen LogP contribution in [0.4, 0.5) is 4.39 Å². The summed E-state index contributed by atoms with van der Waals surface area (Å²) in [5.41, 5.74) is 1.48. The summed E-state index contributed by atoms with van der Waals surface area (Å²) in [7, 11) is 0. The Morgan fingerprint density at radius 2 is 2.15 bits per heavy atom. The first kappa shape index (κ1) is 14.0. The Bertz CT molecular complexity index is 632. The van der Waals surface area contributed by atoms with E-state index < -0.39 is 0 Å². The van der Waals surface area contributed by atoms with Gasteiger partial charge >= 0.3 is 0 Å². The topological polar surface area (TPSA) is 42.4 Å². The summed E-state index contributed by atoms with van der Waals surface area (Å²) < 4.78 is 18.5. The van der Waals surface area contributed by atoms with Crippen molar-refractivity contribution in [2.75, 3.05) is 6.61 Å². The van der Waals surface area contributed by atoms with Crippen LogP contribution in [0.1, 0.15) is 17.5 Å². The molecule has 0 bridgehead atoms. The molecule has 1 heterocycles. The van der Waals surface area contributed by atoms with Crippen LogP contribution in [0.25, 0.3) is 0 Å². The van der Waals surface area contributed by atoms with E-state index in [1.807, 2.05) is 18.2 Å². The molecule has 3 nitrogen and oxygen atoms in total. The molecule has 1 aromatic heterocycles. The number of pyridine rings is 1. The lowest BCUT2D eigenvalue weighted by Gasteiger charge is -2.06. The van der Waals surface area contributed by atoms with Gasteiger partial charge in [0.2, 0.25) is 0 Å². The van der Waals surface area contributed by atoms with Crippen LogP contribution >= 0.6 is 0 Å². The first-order valence-electron chi connectivity index (χ1n) is 6.20. The van der Waals surface area contributed by atoms with Gasteiger partial charge in [-0.1, -0.05) is 17.9 Å². The third-order valence-corrected chi connectivity index (χ3v) is 2.47. The maximum atomic E-state index is 13.0. The molecular formula is C16H14FNO2. The number of halogens is 1. The van der Waals surface area contributed by atoms with E-state index in [9.17, 15) is 4.39 Å². The standard InChI is InChI=1S/C16H14FNO2/c17-15-8-14(10-18-11-15)12-20-16-6-3-5-13(9-16)4-1-2-7-19/h3,5-6,8-11,19H,2,7,12H2. The molecule has 0 aliphatic rings. The second-order valence-electron chi connectivity index (χ2n) is 4.10. The average molecular weight is 271 g/mol. The predicted octanol–water partition coefficient (Wildman–Crippen LogP) is 2.53. The minimum absolute atomic E-state index is 0.0514. The van der Waals surface area contributed by atoms with Crippen molar-refractivity contribution in [3.8, 4) is 17.6 Å². The summed E-state index contributed by atoms with van der Waals surface area (Å²) in [6, 6.07) is 8.70. The molecule has 0 atom stereocenters. The maximum absolute atomic E-state index is 13.0. The number of hydrogen-bond donors (Lipinski definition) is 1. The predicted molar refractivity (Wildman–Crippen MR) is 73.5 cm³/mol. The Morgan fingerprint density at radius 1 is 1.25 bits per heavy atom. The van der Waals surface area contributed by atoms with Crippen LogP contribution in [0.5, 0.6) is 5.75 Å². The molecule has 0 saturated heterocycles. The molecule has 0 unspecified atom stereocenters. The smallest absolute Gasteiger partial charge is 0.141 e. The fraction of sp³-hybridized carbons (Fsp3) is 0.188. The van der Waals surface area contributed by atoms with Crippen molar-refractivity contribution < 1.29 is 14.2 Å². The summed E-state index contributed by atoms with van der Waals surface area (Å²) in [6.45, 7) is 0.300. The van der Waals surface area contributed by atoms with Crippen molar-refractivity contribution in [1.29, 1.82) is 0 Å². The zero-order valence-electron chi connectivity index (χ0n) is 10.8. The van der Waals surface area contributed by atoms with Crippen molar-refractivity contribution in [2.45, 2.75) is 13.0 Å². The first-order valence-corrected chi connectivity index (χ1v) is 6.20. The fourth-order valence-corrected chi connectivity index (χ4v) is 1.59. The van der Waals surface area contributed by atoms with Crippen LogP contribution in [0, 0.1) is 17.7 Å². The lowest BCUT2D eigenvalue weighted by Crippen LogP contribution is -1.97. The Morgan fingerprint density at radius 3 is 2.95 bits per heavy atom. The fourth-order valence-electron chi connectivity index (χ4n) is 1.59. The van der Waals surface area contributed by atoms with Gasteiger partial charge in [-0.05, 0) is 24.3 Å². The quantitative estimate of drug-likeness (QED) is 0.869. The van der Waals surface area contributed by atoms with Gasteiger partial charge in [-0.15, -0.1) is 0 Å². The largest absolute Gasteiger partial charge is 0.489 e. The molecule has 2 rings (SSSR count). The molecule has 102 valence electrons. The molecule has 0 aliphatic carbocycles. The highest BCUT2D eigenvalue weighted by atomic mass is 19.1. The second-order valence-corrected chi connectivity index (χ2v) is 4.10. The van der Waals surface area contributed by atoms with Gasteiger partial charge in [0, 0.05) is 23.7 Å². The van der Waals surface area contributed by atoms with E-state index in [0.717, 1.165) is 11.8 Å². The van der Waals surface area contributed by atoms with Crippen molar-refractivity contribution in [1.82, 2.24) is 4.98 Å². The van der Waals surface area contributed by atoms with E-state index in [2.05, 4.69) is 16.8 Å². The number of benzene rings is 1. The summed E-state index contributed by atoms with van der Waals surface area (Å²) in [5.74, 6) is 6.05. The lowest BCUT2D eigenvalue weighted by atomic mass is 10.2. The summed E-state index contributed by atoms with van der Waals surface area (Å²) in [4.78, 5) is 3.76. The Kier molecular flexibility index (Phi) is 5.10. The highest BCUT2D eigenvalue weighted by Crippen LogP contribution is 2.14. The number of aliphatic hydroxyl groups excluding tert-OH is 1. The molecule has 2 aromatic rings. The minimum atomic E-state index is -0.380. The second kappa shape index (κ2) is 7.27. The number of hydrogen-bond acceptors (Lipinski definition) is 3. The van der Waals surface area contributed by atoms with Crippen LogP contribution in [-0.2, 0) is 6.61 Å². The van der Waals surface area contributed by atoms with Crippen molar-refractivity contribution >= 4 is 0 Å². The Labute approximate surface area is 117 Å². The highest BCUT2D eigenvalue weighted by Gasteiger charge is 1.99.